The summed E-state index contributed by atoms with van der Waals surface area (Å²) in [5.41, 5.74) is 0.821. The zero-order valence-corrected chi connectivity index (χ0v) is 20.9. The van der Waals surface area contributed by atoms with E-state index in [0.29, 0.717) is 11.1 Å². The molecule has 0 saturated carbocycles. The normalized spacial score (nSPS) is 22.4. The highest BCUT2D eigenvalue weighted by Crippen LogP contribution is 2.48. The number of fused-ring (bicyclic) bond motifs is 1. The third-order valence-corrected chi connectivity index (χ3v) is 7.25. The highest BCUT2D eigenvalue weighted by Gasteiger charge is 2.66. The van der Waals surface area contributed by atoms with Gasteiger partial charge in [0, 0.05) is 31.6 Å². The molecule has 10 heteroatoms. The van der Waals surface area contributed by atoms with E-state index in [2.05, 4.69) is 4.99 Å². The van der Waals surface area contributed by atoms with Gasteiger partial charge in [0.1, 0.15) is 23.4 Å². The molecule has 184 valence electrons. The van der Waals surface area contributed by atoms with Gasteiger partial charge in [-0.15, -0.1) is 11.8 Å². The lowest BCUT2D eigenvalue weighted by Gasteiger charge is -2.53. The number of carbonyl (C=O) groups is 3. The second-order valence-corrected chi connectivity index (χ2v) is 9.96. The molecule has 2 aliphatic rings. The lowest BCUT2D eigenvalue weighted by atomic mass is 9.91. The van der Waals surface area contributed by atoms with E-state index >= 15 is 0 Å². The Morgan fingerprint density at radius 2 is 1.85 bits per heavy atom. The van der Waals surface area contributed by atoms with Crippen LogP contribution in [0.4, 0.5) is 0 Å². The summed E-state index contributed by atoms with van der Waals surface area (Å²) in [6.45, 7) is 8.96. The van der Waals surface area contributed by atoms with Gasteiger partial charge in [-0.3, -0.25) is 14.5 Å². The average Bonchev–Trinajstić information content (AvgIpc) is 2.77. The number of carboxylic acids is 1. The monoisotopic (exact) mass is 490 g/mol. The Balaban J connectivity index is 1.97. The number of aliphatic carboxylic acids is 1. The number of amides is 1. The third-order valence-electron chi connectivity index (χ3n) is 5.89. The topological polar surface area (TPSA) is 126 Å². The van der Waals surface area contributed by atoms with Gasteiger partial charge < -0.3 is 19.7 Å². The van der Waals surface area contributed by atoms with Gasteiger partial charge in [-0.05, 0) is 40.7 Å². The fourth-order valence-electron chi connectivity index (χ4n) is 4.06. The maximum Gasteiger partial charge on any atom is 0.352 e. The molecule has 0 aromatic heterocycles. The van der Waals surface area contributed by atoms with E-state index in [-0.39, 0.29) is 35.6 Å². The number of thioether (sulfide) groups is 1. The molecule has 2 aliphatic heterocycles. The number of carbonyl (C=O) groups excluding carboxylic acids is 2. The van der Waals surface area contributed by atoms with E-state index in [0.717, 1.165) is 16.0 Å². The van der Waals surface area contributed by atoms with Gasteiger partial charge in [0.05, 0.1) is 0 Å². The molecule has 0 radical (unpaired) electrons. The maximum atomic E-state index is 13.2. The SMILES string of the molecule is CO[C@@]1(/N=C/c2cc(C(C)C)c(O)c(C(C)C)c2)C(=O)N2C(C(=O)O)=C(COC(C)=O)CS[C@@H]21. The summed E-state index contributed by atoms with van der Waals surface area (Å²) in [7, 11) is 1.36. The summed E-state index contributed by atoms with van der Waals surface area (Å²) in [4.78, 5) is 42.0. The van der Waals surface area contributed by atoms with Gasteiger partial charge in [0.25, 0.3) is 11.6 Å². The molecule has 3 rings (SSSR count). The number of ether oxygens (including phenoxy) is 2. The minimum Gasteiger partial charge on any atom is -0.507 e. The number of benzene rings is 1. The van der Waals surface area contributed by atoms with Gasteiger partial charge in [-0.25, -0.2) is 9.79 Å². The lowest BCUT2D eigenvalue weighted by molar-refractivity contribution is -0.182. The van der Waals surface area contributed by atoms with Crippen LogP contribution in [-0.4, -0.2) is 69.7 Å². The molecule has 0 spiro atoms. The number of aromatic hydroxyl groups is 1. The van der Waals surface area contributed by atoms with Gasteiger partial charge >= 0.3 is 11.9 Å². The predicted octanol–water partition coefficient (Wildman–Crippen LogP) is 3.22. The molecule has 1 aromatic carbocycles. The quantitative estimate of drug-likeness (QED) is 0.323. The number of hydrogen-bond acceptors (Lipinski definition) is 8. The molecule has 1 amide bonds. The van der Waals surface area contributed by atoms with Crippen molar-refractivity contribution < 1.29 is 34.1 Å². The van der Waals surface area contributed by atoms with E-state index in [1.165, 1.54) is 32.0 Å². The first-order valence-corrected chi connectivity index (χ1v) is 12.0. The number of esters is 1. The van der Waals surface area contributed by atoms with Gasteiger partial charge in [0.2, 0.25) is 0 Å². The number of methoxy groups -OCH3 is 1. The van der Waals surface area contributed by atoms with Crippen LogP contribution in [0, 0.1) is 0 Å². The van der Waals surface area contributed by atoms with Crippen LogP contribution in [0.5, 0.6) is 5.75 Å². The van der Waals surface area contributed by atoms with E-state index in [9.17, 15) is 24.6 Å². The molecule has 1 saturated heterocycles. The van der Waals surface area contributed by atoms with Crippen molar-refractivity contribution in [2.45, 2.75) is 57.6 Å². The molecular weight excluding hydrogens is 460 g/mol. The number of β-lactam (4-membered cyclic amide) rings is 1. The number of nitrogens with zero attached hydrogens (tertiary/aromatic N) is 2. The van der Waals surface area contributed by atoms with Gasteiger partial charge in [0.15, 0.2) is 0 Å². The van der Waals surface area contributed by atoms with Crippen LogP contribution in [0.25, 0.3) is 0 Å². The molecule has 34 heavy (non-hydrogen) atoms. The van der Waals surface area contributed by atoms with Crippen LogP contribution >= 0.6 is 11.8 Å². The van der Waals surface area contributed by atoms with E-state index in [1.54, 1.807) is 0 Å². The number of rotatable bonds is 8. The fourth-order valence-corrected chi connectivity index (χ4v) is 5.47. The predicted molar refractivity (Wildman–Crippen MR) is 128 cm³/mol. The minimum atomic E-state index is -1.58. The van der Waals surface area contributed by atoms with E-state index < -0.39 is 28.9 Å². The molecule has 2 atom stereocenters. The standard InChI is InChI=1S/C24H30N2O7S/c1-12(2)17-7-15(8-18(13(3)4)20(17)28)9-25-24(32-6)22(31)26-19(21(29)30)16(10-33-14(5)27)11-34-23(24)26/h7-9,12-13,23,28H,10-11H2,1-6H3,(H,29,30)/b25-9+/t23-,24+/m1/s1. The Morgan fingerprint density at radius 1 is 1.26 bits per heavy atom. The summed E-state index contributed by atoms with van der Waals surface area (Å²) in [5.74, 6) is -1.76. The third kappa shape index (κ3) is 4.44. The fraction of sp³-hybridized carbons (Fsp3) is 0.500. The second-order valence-electron chi connectivity index (χ2n) is 8.89. The van der Waals surface area contributed by atoms with Gasteiger partial charge in [-0.1, -0.05) is 27.7 Å². The molecular formula is C24H30N2O7S. The van der Waals surface area contributed by atoms with Crippen LogP contribution in [0.3, 0.4) is 0 Å². The highest BCUT2D eigenvalue weighted by molar-refractivity contribution is 8.00. The summed E-state index contributed by atoms with van der Waals surface area (Å²) < 4.78 is 10.5. The Morgan fingerprint density at radius 3 is 2.32 bits per heavy atom. The second kappa shape index (κ2) is 9.79. The van der Waals surface area contributed by atoms with Crippen LogP contribution in [0.1, 0.15) is 63.1 Å². The van der Waals surface area contributed by atoms with E-state index in [4.69, 9.17) is 9.47 Å². The summed E-state index contributed by atoms with van der Waals surface area (Å²) in [6, 6.07) is 3.65. The zero-order valence-electron chi connectivity index (χ0n) is 20.1. The summed E-state index contributed by atoms with van der Waals surface area (Å²) in [5, 5.41) is 19.7. The summed E-state index contributed by atoms with van der Waals surface area (Å²) in [6.07, 6.45) is 1.54. The molecule has 9 nitrogen and oxygen atoms in total. The average molecular weight is 491 g/mol. The molecule has 1 fully saturated rings. The van der Waals surface area contributed by atoms with Crippen molar-refractivity contribution in [2.24, 2.45) is 4.99 Å². The van der Waals surface area contributed by atoms with Crippen LogP contribution in [-0.2, 0) is 23.9 Å². The van der Waals surface area contributed by atoms with Crippen LogP contribution in [0.2, 0.25) is 0 Å². The number of aliphatic imine (C=N–C) groups is 1. The molecule has 0 unspecified atom stereocenters. The number of phenols is 1. The van der Waals surface area contributed by atoms with Crippen molar-refractivity contribution in [3.63, 3.8) is 0 Å². The van der Waals surface area contributed by atoms with E-state index in [1.807, 2.05) is 39.8 Å². The Bertz CT molecular complexity index is 1050. The number of hydrogen-bond donors (Lipinski definition) is 2. The Hall–Kier alpha value is -2.85. The molecule has 2 heterocycles. The number of carboxylic acid groups (broad SMARTS) is 1. The largest absolute Gasteiger partial charge is 0.507 e. The molecule has 0 aliphatic carbocycles. The first-order valence-electron chi connectivity index (χ1n) is 11.0. The Kier molecular flexibility index (Phi) is 7.42. The first kappa shape index (κ1) is 25.8. The van der Waals surface area contributed by atoms with Crippen molar-refractivity contribution in [1.82, 2.24) is 4.90 Å². The van der Waals surface area contributed by atoms with Crippen LogP contribution < -0.4 is 0 Å². The van der Waals surface area contributed by atoms with Crippen LogP contribution in [0.15, 0.2) is 28.4 Å². The smallest absolute Gasteiger partial charge is 0.352 e. The van der Waals surface area contributed by atoms with Crippen molar-refractivity contribution in [1.29, 1.82) is 0 Å². The maximum absolute atomic E-state index is 13.2. The van der Waals surface area contributed by atoms with Crippen molar-refractivity contribution in [3.05, 3.63) is 40.1 Å². The zero-order chi connectivity index (χ0) is 25.4. The highest BCUT2D eigenvalue weighted by atomic mass is 32.2. The number of phenolic OH excluding ortho intramolecular Hbond substituents is 1. The Labute approximate surface area is 202 Å². The molecule has 0 bridgehead atoms. The minimum absolute atomic E-state index is 0.0795. The molecule has 1 aromatic rings. The lowest BCUT2D eigenvalue weighted by Crippen LogP contribution is -2.73. The molecule has 2 N–H and O–H groups in total. The van der Waals surface area contributed by atoms with Crippen molar-refractivity contribution >= 4 is 35.8 Å². The first-order chi connectivity index (χ1) is 15.9. The van der Waals surface area contributed by atoms with Crippen molar-refractivity contribution in [3.8, 4) is 5.75 Å². The summed E-state index contributed by atoms with van der Waals surface area (Å²) >= 11 is 1.30. The van der Waals surface area contributed by atoms with Gasteiger partial charge in [-0.2, -0.15) is 0 Å². The van der Waals surface area contributed by atoms with Crippen molar-refractivity contribution in [2.75, 3.05) is 19.5 Å².